The lowest BCUT2D eigenvalue weighted by Crippen LogP contribution is -2.16. The molecular formula is C18H18FNO3S. The number of anilines is 1. The standard InChI is InChI=1S/C18H18FNO3S/c1-10-6-7-13-14(8-10)24-17(15(13)18(22)23-2)20-16(21)11-4-3-5-12(19)9-11/h3-5,9-10H,6-8H2,1-2H3,(H,20,21)/t10-/m0/s1. The molecule has 1 heterocycles. The van der Waals surface area contributed by atoms with E-state index in [-0.39, 0.29) is 5.56 Å². The van der Waals surface area contributed by atoms with Crippen molar-refractivity contribution < 1.29 is 18.7 Å². The van der Waals surface area contributed by atoms with Crippen molar-refractivity contribution >= 4 is 28.2 Å². The molecule has 24 heavy (non-hydrogen) atoms. The second-order valence-corrected chi connectivity index (χ2v) is 7.12. The Kier molecular flexibility index (Phi) is 4.66. The molecule has 1 aromatic carbocycles. The lowest BCUT2D eigenvalue weighted by atomic mass is 9.88. The smallest absolute Gasteiger partial charge is 0.341 e. The topological polar surface area (TPSA) is 55.4 Å². The minimum Gasteiger partial charge on any atom is -0.465 e. The van der Waals surface area contributed by atoms with Gasteiger partial charge in [-0.15, -0.1) is 11.3 Å². The van der Waals surface area contributed by atoms with E-state index in [0.29, 0.717) is 16.5 Å². The Hall–Kier alpha value is -2.21. The molecule has 0 saturated carbocycles. The molecule has 2 aromatic rings. The number of benzene rings is 1. The maximum absolute atomic E-state index is 13.3. The number of hydrogen-bond acceptors (Lipinski definition) is 4. The fraction of sp³-hybridized carbons (Fsp3) is 0.333. The number of thiophene rings is 1. The minimum absolute atomic E-state index is 0.213. The highest BCUT2D eigenvalue weighted by Crippen LogP contribution is 2.40. The number of esters is 1. The van der Waals surface area contributed by atoms with Crippen molar-refractivity contribution in [1.29, 1.82) is 0 Å². The molecule has 3 rings (SSSR count). The Bertz CT molecular complexity index is 800. The van der Waals surface area contributed by atoms with Gasteiger partial charge in [0.25, 0.3) is 5.91 Å². The predicted molar refractivity (Wildman–Crippen MR) is 91.2 cm³/mol. The van der Waals surface area contributed by atoms with Crippen LogP contribution in [0.4, 0.5) is 9.39 Å². The van der Waals surface area contributed by atoms with Gasteiger partial charge in [-0.3, -0.25) is 4.79 Å². The van der Waals surface area contributed by atoms with E-state index in [1.165, 1.54) is 42.7 Å². The summed E-state index contributed by atoms with van der Waals surface area (Å²) in [6.45, 7) is 2.17. The van der Waals surface area contributed by atoms with Gasteiger partial charge in [-0.25, -0.2) is 9.18 Å². The Morgan fingerprint density at radius 2 is 2.17 bits per heavy atom. The largest absolute Gasteiger partial charge is 0.465 e. The van der Waals surface area contributed by atoms with E-state index in [1.54, 1.807) is 0 Å². The van der Waals surface area contributed by atoms with Crippen molar-refractivity contribution in [3.05, 3.63) is 51.7 Å². The molecule has 0 fully saturated rings. The van der Waals surface area contributed by atoms with E-state index in [9.17, 15) is 14.0 Å². The normalized spacial score (nSPS) is 16.4. The average Bonchev–Trinajstić information content (AvgIpc) is 2.90. The van der Waals surface area contributed by atoms with E-state index in [2.05, 4.69) is 12.2 Å². The molecule has 4 nitrogen and oxygen atoms in total. The SMILES string of the molecule is COC(=O)c1c(NC(=O)c2cccc(F)c2)sc2c1CC[C@H](C)C2. The lowest BCUT2D eigenvalue weighted by Gasteiger charge is -2.18. The van der Waals surface area contributed by atoms with E-state index >= 15 is 0 Å². The molecule has 0 aliphatic heterocycles. The van der Waals surface area contributed by atoms with Crippen molar-refractivity contribution in [2.24, 2.45) is 5.92 Å². The van der Waals surface area contributed by atoms with Crippen LogP contribution >= 0.6 is 11.3 Å². The first-order valence-corrected chi connectivity index (χ1v) is 8.61. The van der Waals surface area contributed by atoms with Crippen LogP contribution < -0.4 is 5.32 Å². The van der Waals surface area contributed by atoms with Crippen LogP contribution in [0.25, 0.3) is 0 Å². The van der Waals surface area contributed by atoms with Gasteiger partial charge in [-0.2, -0.15) is 0 Å². The number of ether oxygens (including phenoxy) is 1. The van der Waals surface area contributed by atoms with E-state index in [4.69, 9.17) is 4.74 Å². The van der Waals surface area contributed by atoms with Gasteiger partial charge in [0.1, 0.15) is 10.8 Å². The molecule has 1 aliphatic carbocycles. The highest BCUT2D eigenvalue weighted by Gasteiger charge is 2.29. The molecule has 1 amide bonds. The first-order valence-electron chi connectivity index (χ1n) is 7.79. The third-order valence-corrected chi connectivity index (χ3v) is 5.38. The molecule has 1 aliphatic rings. The first-order chi connectivity index (χ1) is 11.5. The van der Waals surface area contributed by atoms with Gasteiger partial charge in [0.2, 0.25) is 0 Å². The predicted octanol–water partition coefficient (Wildman–Crippen LogP) is 4.05. The molecule has 0 saturated heterocycles. The number of methoxy groups -OCH3 is 1. The molecule has 0 bridgehead atoms. The van der Waals surface area contributed by atoms with E-state index < -0.39 is 17.7 Å². The van der Waals surface area contributed by atoms with Crippen molar-refractivity contribution in [3.63, 3.8) is 0 Å². The van der Waals surface area contributed by atoms with Crippen LogP contribution in [0.2, 0.25) is 0 Å². The molecule has 1 atom stereocenters. The number of amides is 1. The summed E-state index contributed by atoms with van der Waals surface area (Å²) in [5.74, 6) is -0.813. The summed E-state index contributed by atoms with van der Waals surface area (Å²) in [5, 5.41) is 3.24. The van der Waals surface area contributed by atoms with Gasteiger partial charge in [-0.1, -0.05) is 13.0 Å². The van der Waals surface area contributed by atoms with Gasteiger partial charge in [0.15, 0.2) is 0 Å². The van der Waals surface area contributed by atoms with Crippen LogP contribution in [-0.4, -0.2) is 19.0 Å². The number of halogens is 1. The average molecular weight is 347 g/mol. The number of hydrogen-bond donors (Lipinski definition) is 1. The zero-order chi connectivity index (χ0) is 17.3. The molecule has 0 spiro atoms. The van der Waals surface area contributed by atoms with Gasteiger partial charge in [-0.05, 0) is 48.9 Å². The quantitative estimate of drug-likeness (QED) is 0.852. The molecule has 6 heteroatoms. The number of carbonyl (C=O) groups is 2. The van der Waals surface area contributed by atoms with Gasteiger partial charge >= 0.3 is 5.97 Å². The van der Waals surface area contributed by atoms with Gasteiger partial charge < -0.3 is 10.1 Å². The Balaban J connectivity index is 1.95. The number of rotatable bonds is 3. The Morgan fingerprint density at radius 3 is 2.88 bits per heavy atom. The van der Waals surface area contributed by atoms with Crippen molar-refractivity contribution in [2.45, 2.75) is 26.2 Å². The zero-order valence-corrected chi connectivity index (χ0v) is 14.3. The van der Waals surface area contributed by atoms with Gasteiger partial charge in [0.05, 0.1) is 12.7 Å². The molecule has 0 radical (unpaired) electrons. The van der Waals surface area contributed by atoms with E-state index in [0.717, 1.165) is 29.7 Å². The summed E-state index contributed by atoms with van der Waals surface area (Å²) in [4.78, 5) is 25.7. The Morgan fingerprint density at radius 1 is 1.38 bits per heavy atom. The summed E-state index contributed by atoms with van der Waals surface area (Å²) >= 11 is 1.41. The lowest BCUT2D eigenvalue weighted by molar-refractivity contribution is 0.0601. The maximum Gasteiger partial charge on any atom is 0.341 e. The summed E-state index contributed by atoms with van der Waals surface area (Å²) in [5.41, 5.74) is 1.62. The van der Waals surface area contributed by atoms with Crippen LogP contribution in [-0.2, 0) is 17.6 Å². The third-order valence-electron chi connectivity index (χ3n) is 4.22. The van der Waals surface area contributed by atoms with Crippen LogP contribution in [0.3, 0.4) is 0 Å². The zero-order valence-electron chi connectivity index (χ0n) is 13.5. The fourth-order valence-corrected chi connectivity index (χ4v) is 4.36. The molecule has 1 aromatic heterocycles. The van der Waals surface area contributed by atoms with Crippen molar-refractivity contribution in [2.75, 3.05) is 12.4 Å². The number of fused-ring (bicyclic) bond motifs is 1. The highest BCUT2D eigenvalue weighted by molar-refractivity contribution is 7.17. The van der Waals surface area contributed by atoms with Crippen LogP contribution in [0, 0.1) is 11.7 Å². The summed E-state index contributed by atoms with van der Waals surface area (Å²) in [7, 11) is 1.33. The van der Waals surface area contributed by atoms with Crippen LogP contribution in [0.15, 0.2) is 24.3 Å². The highest BCUT2D eigenvalue weighted by atomic mass is 32.1. The summed E-state index contributed by atoms with van der Waals surface area (Å²) < 4.78 is 18.2. The summed E-state index contributed by atoms with van der Waals surface area (Å²) in [6, 6.07) is 5.46. The maximum atomic E-state index is 13.3. The van der Waals surface area contributed by atoms with Crippen LogP contribution in [0.5, 0.6) is 0 Å². The second-order valence-electron chi connectivity index (χ2n) is 6.01. The summed E-state index contributed by atoms with van der Waals surface area (Å²) in [6.07, 6.45) is 2.69. The Labute approximate surface area is 143 Å². The molecule has 1 N–H and O–H groups in total. The van der Waals surface area contributed by atoms with Crippen LogP contribution in [0.1, 0.15) is 44.5 Å². The van der Waals surface area contributed by atoms with Gasteiger partial charge in [0, 0.05) is 10.4 Å². The second kappa shape index (κ2) is 6.73. The molecular weight excluding hydrogens is 329 g/mol. The minimum atomic E-state index is -0.477. The third kappa shape index (κ3) is 3.19. The van der Waals surface area contributed by atoms with Crippen molar-refractivity contribution in [3.8, 4) is 0 Å². The molecule has 126 valence electrons. The first kappa shape index (κ1) is 16.6. The molecule has 0 unspecified atom stereocenters. The van der Waals surface area contributed by atoms with E-state index in [1.807, 2.05) is 0 Å². The van der Waals surface area contributed by atoms with Crippen molar-refractivity contribution in [1.82, 2.24) is 0 Å². The number of nitrogens with one attached hydrogen (secondary N) is 1. The fourth-order valence-electron chi connectivity index (χ4n) is 2.96. The monoisotopic (exact) mass is 347 g/mol. The number of carbonyl (C=O) groups excluding carboxylic acids is 2.